The van der Waals surface area contributed by atoms with E-state index in [1.54, 1.807) is 41.6 Å². The highest BCUT2D eigenvalue weighted by Gasteiger charge is 2.14. The molecule has 0 saturated heterocycles. The fraction of sp³-hybridized carbons (Fsp3) is 0.333. The molecule has 9 heteroatoms. The van der Waals surface area contributed by atoms with E-state index in [0.29, 0.717) is 16.7 Å². The minimum absolute atomic E-state index is 0.0761. The van der Waals surface area contributed by atoms with Crippen molar-refractivity contribution >= 4 is 23.6 Å². The molecule has 2 amide bonds. The Morgan fingerprint density at radius 2 is 2.14 bits per heavy atom. The van der Waals surface area contributed by atoms with E-state index in [2.05, 4.69) is 15.5 Å². The summed E-state index contributed by atoms with van der Waals surface area (Å²) in [6.07, 6.45) is 1.74. The van der Waals surface area contributed by atoms with Crippen molar-refractivity contribution in [3.63, 3.8) is 0 Å². The van der Waals surface area contributed by atoms with Crippen LogP contribution in [0.1, 0.15) is 16.3 Å². The van der Waals surface area contributed by atoms with Crippen molar-refractivity contribution < 1.29 is 9.59 Å². The third-order valence-corrected chi connectivity index (χ3v) is 3.89. The summed E-state index contributed by atoms with van der Waals surface area (Å²) >= 11 is 1.20. The monoisotopic (exact) mass is 308 g/mol. The first-order valence-electron chi connectivity index (χ1n) is 6.19. The maximum Gasteiger partial charge on any atom is 0.274 e. The highest BCUT2D eigenvalue weighted by molar-refractivity contribution is 7.99. The quantitative estimate of drug-likeness (QED) is 0.732. The van der Waals surface area contributed by atoms with Gasteiger partial charge in [0, 0.05) is 20.3 Å². The Hall–Kier alpha value is -2.13. The lowest BCUT2D eigenvalue weighted by molar-refractivity contribution is -0.117. The van der Waals surface area contributed by atoms with Crippen LogP contribution in [0.25, 0.3) is 0 Å². The number of aromatic nitrogens is 4. The van der Waals surface area contributed by atoms with Gasteiger partial charge in [0.1, 0.15) is 11.5 Å². The van der Waals surface area contributed by atoms with Gasteiger partial charge in [-0.3, -0.25) is 14.9 Å². The van der Waals surface area contributed by atoms with Gasteiger partial charge in [-0.1, -0.05) is 11.8 Å². The number of carbonyl (C=O) groups excluding carboxylic acids is 2. The summed E-state index contributed by atoms with van der Waals surface area (Å²) in [6, 6.07) is 3.38. The molecule has 0 fully saturated rings. The highest BCUT2D eigenvalue weighted by atomic mass is 32.2. The van der Waals surface area contributed by atoms with E-state index >= 15 is 0 Å². The van der Waals surface area contributed by atoms with E-state index in [-0.39, 0.29) is 18.2 Å². The van der Waals surface area contributed by atoms with Crippen LogP contribution in [0.4, 0.5) is 0 Å². The number of rotatable bonds is 5. The zero-order valence-corrected chi connectivity index (χ0v) is 12.6. The first kappa shape index (κ1) is 15.3. The van der Waals surface area contributed by atoms with Gasteiger partial charge < -0.3 is 14.9 Å². The van der Waals surface area contributed by atoms with Crippen molar-refractivity contribution in [2.75, 3.05) is 5.75 Å². The van der Waals surface area contributed by atoms with E-state index in [1.807, 2.05) is 0 Å². The second-order valence-corrected chi connectivity index (χ2v) is 5.27. The molecule has 8 nitrogen and oxygen atoms in total. The van der Waals surface area contributed by atoms with Crippen LogP contribution in [-0.4, -0.2) is 36.9 Å². The maximum atomic E-state index is 11.9. The highest BCUT2D eigenvalue weighted by Crippen LogP contribution is 2.14. The molecular formula is C12H16N6O2S. The zero-order valence-electron chi connectivity index (χ0n) is 11.7. The standard InChI is InChI=1S/C12H16N6O2S/c1-17-5-3-4-8(17)11(20)14-10(19)7-21-12-16-15-9(6-13)18(12)2/h3-5H,6-7,13H2,1-2H3,(H,14,19,20). The summed E-state index contributed by atoms with van der Waals surface area (Å²) in [7, 11) is 3.51. The molecule has 2 rings (SSSR count). The Bertz CT molecular complexity index is 663. The SMILES string of the molecule is Cn1cccc1C(=O)NC(=O)CSc1nnc(CN)n1C. The largest absolute Gasteiger partial charge is 0.347 e. The maximum absolute atomic E-state index is 11.9. The molecule has 0 saturated carbocycles. The smallest absolute Gasteiger partial charge is 0.274 e. The molecule has 21 heavy (non-hydrogen) atoms. The number of hydrogen-bond acceptors (Lipinski definition) is 6. The third-order valence-electron chi connectivity index (χ3n) is 2.87. The number of aryl methyl sites for hydroxylation is 1. The van der Waals surface area contributed by atoms with E-state index in [1.165, 1.54) is 11.8 Å². The molecule has 0 aliphatic rings. The number of nitrogens with two attached hydrogens (primary N) is 1. The summed E-state index contributed by atoms with van der Waals surface area (Å²) in [4.78, 5) is 23.6. The van der Waals surface area contributed by atoms with Gasteiger partial charge in [-0.05, 0) is 12.1 Å². The van der Waals surface area contributed by atoms with E-state index < -0.39 is 5.91 Å². The number of imide groups is 1. The second kappa shape index (κ2) is 6.55. The van der Waals surface area contributed by atoms with Crippen LogP contribution in [0.5, 0.6) is 0 Å². The molecule has 0 spiro atoms. The van der Waals surface area contributed by atoms with Gasteiger partial charge in [0.05, 0.1) is 12.3 Å². The molecular weight excluding hydrogens is 292 g/mol. The van der Waals surface area contributed by atoms with Gasteiger partial charge in [-0.25, -0.2) is 0 Å². The van der Waals surface area contributed by atoms with Crippen LogP contribution in [0, 0.1) is 0 Å². The van der Waals surface area contributed by atoms with Gasteiger partial charge in [-0.15, -0.1) is 10.2 Å². The van der Waals surface area contributed by atoms with Gasteiger partial charge in [0.15, 0.2) is 5.16 Å². The average Bonchev–Trinajstić information content (AvgIpc) is 3.02. The van der Waals surface area contributed by atoms with Crippen molar-refractivity contribution in [3.8, 4) is 0 Å². The molecule has 3 N–H and O–H groups in total. The fourth-order valence-corrected chi connectivity index (χ4v) is 2.43. The van der Waals surface area contributed by atoms with Crippen molar-refractivity contribution in [2.24, 2.45) is 19.8 Å². The van der Waals surface area contributed by atoms with E-state index in [4.69, 9.17) is 5.73 Å². The minimum atomic E-state index is -0.422. The normalized spacial score (nSPS) is 10.6. The lowest BCUT2D eigenvalue weighted by Crippen LogP contribution is -2.33. The number of hydrogen-bond donors (Lipinski definition) is 2. The second-order valence-electron chi connectivity index (χ2n) is 4.33. The Balaban J connectivity index is 1.89. The summed E-state index contributed by atoms with van der Waals surface area (Å²) in [6.45, 7) is 0.280. The van der Waals surface area contributed by atoms with Crippen molar-refractivity contribution in [2.45, 2.75) is 11.7 Å². The van der Waals surface area contributed by atoms with Crippen LogP contribution in [-0.2, 0) is 25.4 Å². The molecule has 0 aromatic carbocycles. The lowest BCUT2D eigenvalue weighted by Gasteiger charge is -2.05. The average molecular weight is 308 g/mol. The molecule has 2 aromatic rings. The van der Waals surface area contributed by atoms with Crippen LogP contribution in [0.3, 0.4) is 0 Å². The number of carbonyl (C=O) groups is 2. The van der Waals surface area contributed by atoms with Gasteiger partial charge in [0.2, 0.25) is 5.91 Å². The Morgan fingerprint density at radius 3 is 2.71 bits per heavy atom. The predicted molar refractivity (Wildman–Crippen MR) is 77.5 cm³/mol. The Kier molecular flexibility index (Phi) is 4.76. The zero-order chi connectivity index (χ0) is 15.4. The first-order valence-corrected chi connectivity index (χ1v) is 7.18. The summed E-state index contributed by atoms with van der Waals surface area (Å²) in [5.74, 6) is -0.0952. The number of thioether (sulfide) groups is 1. The van der Waals surface area contributed by atoms with E-state index in [9.17, 15) is 9.59 Å². The summed E-state index contributed by atoms with van der Waals surface area (Å²) < 4.78 is 3.36. The molecule has 0 radical (unpaired) electrons. The van der Waals surface area contributed by atoms with Crippen LogP contribution >= 0.6 is 11.8 Å². The molecule has 0 unspecified atom stereocenters. The third kappa shape index (κ3) is 3.50. The molecule has 2 heterocycles. The van der Waals surface area contributed by atoms with Crippen molar-refractivity contribution in [3.05, 3.63) is 29.8 Å². The molecule has 0 atom stereocenters. The first-order chi connectivity index (χ1) is 10.0. The Labute approximate surface area is 125 Å². The number of nitrogens with one attached hydrogen (secondary N) is 1. The Morgan fingerprint density at radius 1 is 1.38 bits per heavy atom. The molecule has 0 aliphatic heterocycles. The minimum Gasteiger partial charge on any atom is -0.347 e. The van der Waals surface area contributed by atoms with Crippen LogP contribution in [0.2, 0.25) is 0 Å². The van der Waals surface area contributed by atoms with Crippen molar-refractivity contribution in [1.29, 1.82) is 0 Å². The number of nitrogens with zero attached hydrogens (tertiary/aromatic N) is 4. The molecule has 2 aromatic heterocycles. The fourth-order valence-electron chi connectivity index (χ4n) is 1.70. The molecule has 0 bridgehead atoms. The van der Waals surface area contributed by atoms with Gasteiger partial charge in [0.25, 0.3) is 5.91 Å². The molecule has 112 valence electrons. The number of amides is 2. The topological polar surface area (TPSA) is 108 Å². The molecule has 0 aliphatic carbocycles. The van der Waals surface area contributed by atoms with E-state index in [0.717, 1.165) is 0 Å². The van der Waals surface area contributed by atoms with Gasteiger partial charge in [-0.2, -0.15) is 0 Å². The van der Waals surface area contributed by atoms with Gasteiger partial charge >= 0.3 is 0 Å². The summed E-state index contributed by atoms with van der Waals surface area (Å²) in [5.41, 5.74) is 5.92. The van der Waals surface area contributed by atoms with Crippen molar-refractivity contribution in [1.82, 2.24) is 24.6 Å². The van der Waals surface area contributed by atoms with Crippen LogP contribution < -0.4 is 11.1 Å². The lowest BCUT2D eigenvalue weighted by atomic mass is 10.4. The predicted octanol–water partition coefficient (Wildman–Crippen LogP) is -0.339. The van der Waals surface area contributed by atoms with Crippen LogP contribution in [0.15, 0.2) is 23.5 Å². The summed E-state index contributed by atoms with van der Waals surface area (Å²) in [5, 5.41) is 10.7.